The van der Waals surface area contributed by atoms with Gasteiger partial charge in [0.15, 0.2) is 0 Å². The first kappa shape index (κ1) is 17.2. The summed E-state index contributed by atoms with van der Waals surface area (Å²) in [5, 5.41) is 11.0. The molecule has 2 N–H and O–H groups in total. The molecule has 0 aliphatic rings. The Morgan fingerprint density at radius 3 is 2.26 bits per heavy atom. The summed E-state index contributed by atoms with van der Waals surface area (Å²) in [6.45, 7) is 4.05. The summed E-state index contributed by atoms with van der Waals surface area (Å²) in [5.74, 6) is -1.13. The first-order valence-corrected chi connectivity index (χ1v) is 6.23. The van der Waals surface area contributed by atoms with Crippen LogP contribution in [0.4, 0.5) is 4.79 Å². The van der Waals surface area contributed by atoms with Gasteiger partial charge < -0.3 is 20.2 Å². The highest BCUT2D eigenvalue weighted by Crippen LogP contribution is 2.06. The predicted molar refractivity (Wildman–Crippen MR) is 70.8 cm³/mol. The van der Waals surface area contributed by atoms with Crippen LogP contribution >= 0.6 is 0 Å². The smallest absolute Gasteiger partial charge is 0.320 e. The Kier molecular flexibility index (Phi) is 7.55. The number of urea groups is 1. The molecule has 0 aromatic heterocycles. The summed E-state index contributed by atoms with van der Waals surface area (Å²) >= 11 is 0. The molecule has 0 radical (unpaired) electrons. The summed E-state index contributed by atoms with van der Waals surface area (Å²) in [6, 6.07) is -0.322. The number of carboxylic acid groups (broad SMARTS) is 1. The van der Waals surface area contributed by atoms with E-state index in [2.05, 4.69) is 5.32 Å². The van der Waals surface area contributed by atoms with E-state index in [1.54, 1.807) is 11.9 Å². The SMILES string of the molecule is CNC(=O)CN(C)C(=O)N(CCCC(=O)O)C(C)C. The van der Waals surface area contributed by atoms with E-state index < -0.39 is 5.97 Å². The van der Waals surface area contributed by atoms with E-state index in [4.69, 9.17) is 5.11 Å². The van der Waals surface area contributed by atoms with E-state index in [1.165, 1.54) is 11.9 Å². The summed E-state index contributed by atoms with van der Waals surface area (Å²) < 4.78 is 0. The number of nitrogens with zero attached hydrogens (tertiary/aromatic N) is 2. The lowest BCUT2D eigenvalue weighted by Crippen LogP contribution is -2.48. The van der Waals surface area contributed by atoms with Gasteiger partial charge in [-0.25, -0.2) is 4.79 Å². The van der Waals surface area contributed by atoms with E-state index in [0.29, 0.717) is 13.0 Å². The molecule has 0 saturated heterocycles. The first-order valence-electron chi connectivity index (χ1n) is 6.23. The molecular weight excluding hydrogens is 250 g/mol. The average Bonchev–Trinajstić information content (AvgIpc) is 2.32. The van der Waals surface area contributed by atoms with Crippen LogP contribution in [0.15, 0.2) is 0 Å². The molecule has 7 heteroatoms. The van der Waals surface area contributed by atoms with Gasteiger partial charge in [-0.05, 0) is 20.3 Å². The Labute approximate surface area is 113 Å². The maximum absolute atomic E-state index is 12.1. The molecule has 0 rings (SSSR count). The zero-order chi connectivity index (χ0) is 15.0. The zero-order valence-electron chi connectivity index (χ0n) is 12.0. The lowest BCUT2D eigenvalue weighted by atomic mass is 10.2. The molecule has 19 heavy (non-hydrogen) atoms. The molecule has 3 amide bonds. The number of carboxylic acids is 1. The van der Waals surface area contributed by atoms with Crippen LogP contribution < -0.4 is 5.32 Å². The van der Waals surface area contributed by atoms with Crippen molar-refractivity contribution in [3.8, 4) is 0 Å². The molecule has 0 aromatic rings. The Bertz CT molecular complexity index is 331. The van der Waals surface area contributed by atoms with Crippen LogP contribution in [0.5, 0.6) is 0 Å². The molecule has 0 fully saturated rings. The Morgan fingerprint density at radius 2 is 1.84 bits per heavy atom. The van der Waals surface area contributed by atoms with E-state index in [0.717, 1.165) is 0 Å². The molecule has 0 saturated carbocycles. The molecule has 0 aliphatic carbocycles. The Hall–Kier alpha value is -1.79. The van der Waals surface area contributed by atoms with Crippen molar-refractivity contribution in [2.45, 2.75) is 32.7 Å². The van der Waals surface area contributed by atoms with Crippen LogP contribution in [-0.2, 0) is 9.59 Å². The highest BCUT2D eigenvalue weighted by atomic mass is 16.4. The number of hydrogen-bond donors (Lipinski definition) is 2. The molecule has 0 unspecified atom stereocenters. The predicted octanol–water partition coefficient (Wildman–Crippen LogP) is 0.359. The number of amides is 3. The van der Waals surface area contributed by atoms with Gasteiger partial charge in [-0.1, -0.05) is 0 Å². The molecule has 0 aliphatic heterocycles. The average molecular weight is 273 g/mol. The van der Waals surface area contributed by atoms with Crippen molar-refractivity contribution in [1.29, 1.82) is 0 Å². The number of carbonyl (C=O) groups excluding carboxylic acids is 2. The zero-order valence-corrected chi connectivity index (χ0v) is 12.0. The summed E-state index contributed by atoms with van der Waals surface area (Å²) in [6.07, 6.45) is 0.419. The topological polar surface area (TPSA) is 90.0 Å². The van der Waals surface area contributed by atoms with Gasteiger partial charge in [-0.15, -0.1) is 0 Å². The molecule has 0 atom stereocenters. The highest BCUT2D eigenvalue weighted by molar-refractivity contribution is 5.83. The van der Waals surface area contributed by atoms with Crippen molar-refractivity contribution < 1.29 is 19.5 Å². The number of hydrogen-bond acceptors (Lipinski definition) is 3. The van der Waals surface area contributed by atoms with Crippen LogP contribution in [-0.4, -0.2) is 66.0 Å². The summed E-state index contributed by atoms with van der Waals surface area (Å²) in [7, 11) is 3.05. The van der Waals surface area contributed by atoms with Crippen LogP contribution in [0.25, 0.3) is 0 Å². The second-order valence-electron chi connectivity index (χ2n) is 4.60. The molecule has 0 heterocycles. The summed E-state index contributed by atoms with van der Waals surface area (Å²) in [5.41, 5.74) is 0. The molecule has 7 nitrogen and oxygen atoms in total. The van der Waals surface area contributed by atoms with E-state index >= 15 is 0 Å². The van der Waals surface area contributed by atoms with Crippen LogP contribution in [0.2, 0.25) is 0 Å². The van der Waals surface area contributed by atoms with E-state index in [9.17, 15) is 14.4 Å². The highest BCUT2D eigenvalue weighted by Gasteiger charge is 2.21. The van der Waals surface area contributed by atoms with Crippen molar-refractivity contribution >= 4 is 17.9 Å². The van der Waals surface area contributed by atoms with Gasteiger partial charge in [0.2, 0.25) is 5.91 Å². The van der Waals surface area contributed by atoms with Crippen molar-refractivity contribution in [3.05, 3.63) is 0 Å². The van der Waals surface area contributed by atoms with E-state index in [-0.39, 0.29) is 30.9 Å². The molecule has 0 spiro atoms. The molecular formula is C12H23N3O4. The van der Waals surface area contributed by atoms with E-state index in [1.807, 2.05) is 13.8 Å². The maximum atomic E-state index is 12.1. The largest absolute Gasteiger partial charge is 0.481 e. The first-order chi connectivity index (χ1) is 8.79. The van der Waals surface area contributed by atoms with Gasteiger partial charge in [0.1, 0.15) is 6.54 Å². The van der Waals surface area contributed by atoms with Crippen LogP contribution in [0.3, 0.4) is 0 Å². The third-order valence-corrected chi connectivity index (χ3v) is 2.64. The van der Waals surface area contributed by atoms with Crippen molar-refractivity contribution in [1.82, 2.24) is 15.1 Å². The second kappa shape index (κ2) is 8.34. The lowest BCUT2D eigenvalue weighted by Gasteiger charge is -2.31. The number of likely N-dealkylation sites (N-methyl/N-ethyl adjacent to an activating group) is 2. The Balaban J connectivity index is 4.47. The quantitative estimate of drug-likeness (QED) is 0.700. The minimum Gasteiger partial charge on any atom is -0.481 e. The standard InChI is InChI=1S/C12H23N3O4/c1-9(2)15(7-5-6-11(17)18)12(19)14(4)8-10(16)13-3/h9H,5-8H2,1-4H3,(H,13,16)(H,17,18). The number of rotatable bonds is 7. The fraction of sp³-hybridized carbons (Fsp3) is 0.750. The normalized spacial score (nSPS) is 10.2. The van der Waals surface area contributed by atoms with Gasteiger partial charge in [0.05, 0.1) is 0 Å². The summed E-state index contributed by atoms with van der Waals surface area (Å²) in [4.78, 5) is 36.7. The molecule has 0 aromatic carbocycles. The Morgan fingerprint density at radius 1 is 1.26 bits per heavy atom. The monoisotopic (exact) mass is 273 g/mol. The minimum absolute atomic E-state index is 0.0164. The number of carbonyl (C=O) groups is 3. The van der Waals surface area contributed by atoms with Crippen LogP contribution in [0.1, 0.15) is 26.7 Å². The third-order valence-electron chi connectivity index (χ3n) is 2.64. The van der Waals surface area contributed by atoms with Gasteiger partial charge in [-0.3, -0.25) is 9.59 Å². The van der Waals surface area contributed by atoms with Crippen molar-refractivity contribution in [2.75, 3.05) is 27.2 Å². The molecule has 0 bridgehead atoms. The van der Waals surface area contributed by atoms with Gasteiger partial charge in [0.25, 0.3) is 0 Å². The van der Waals surface area contributed by atoms with Gasteiger partial charge in [0, 0.05) is 33.1 Å². The fourth-order valence-corrected chi connectivity index (χ4v) is 1.56. The lowest BCUT2D eigenvalue weighted by molar-refractivity contribution is -0.137. The fourth-order valence-electron chi connectivity index (χ4n) is 1.56. The number of nitrogens with one attached hydrogen (secondary N) is 1. The molecule has 110 valence electrons. The minimum atomic E-state index is -0.880. The van der Waals surface area contributed by atoms with Gasteiger partial charge >= 0.3 is 12.0 Å². The second-order valence-corrected chi connectivity index (χ2v) is 4.60. The van der Waals surface area contributed by atoms with Crippen molar-refractivity contribution in [2.24, 2.45) is 0 Å². The van der Waals surface area contributed by atoms with Crippen LogP contribution in [0, 0.1) is 0 Å². The third kappa shape index (κ3) is 6.64. The van der Waals surface area contributed by atoms with Gasteiger partial charge in [-0.2, -0.15) is 0 Å². The maximum Gasteiger partial charge on any atom is 0.320 e. The number of aliphatic carboxylic acids is 1. The van der Waals surface area contributed by atoms with Crippen molar-refractivity contribution in [3.63, 3.8) is 0 Å².